The maximum absolute atomic E-state index is 5.28. The van der Waals surface area contributed by atoms with Crippen molar-refractivity contribution in [2.45, 2.75) is 38.1 Å². The highest BCUT2D eigenvalue weighted by atomic mass is 127. The van der Waals surface area contributed by atoms with Gasteiger partial charge in [0.2, 0.25) is 0 Å². The second-order valence-electron chi connectivity index (χ2n) is 4.45. The zero-order chi connectivity index (χ0) is 11.9. The molecule has 0 aliphatic heterocycles. The van der Waals surface area contributed by atoms with Crippen LogP contribution < -0.4 is 10.6 Å². The SMILES string of the molecule is CN=C(NCCc1ccco1)NC1CCCC1.I. The first-order chi connectivity index (χ1) is 8.38. The number of aliphatic imine (C=N–C) groups is 1. The van der Waals surface area contributed by atoms with E-state index >= 15 is 0 Å². The minimum absolute atomic E-state index is 0. The highest BCUT2D eigenvalue weighted by Gasteiger charge is 2.15. The van der Waals surface area contributed by atoms with Crippen molar-refractivity contribution in [3.63, 3.8) is 0 Å². The fraction of sp³-hybridized carbons (Fsp3) is 0.615. The van der Waals surface area contributed by atoms with Crippen molar-refractivity contribution >= 4 is 29.9 Å². The van der Waals surface area contributed by atoms with Gasteiger partial charge in [0.1, 0.15) is 5.76 Å². The van der Waals surface area contributed by atoms with Crippen LogP contribution >= 0.6 is 24.0 Å². The predicted molar refractivity (Wildman–Crippen MR) is 84.6 cm³/mol. The van der Waals surface area contributed by atoms with Gasteiger partial charge in [-0.3, -0.25) is 4.99 Å². The fourth-order valence-electron chi connectivity index (χ4n) is 2.22. The second kappa shape index (κ2) is 8.39. The van der Waals surface area contributed by atoms with Crippen molar-refractivity contribution in [1.82, 2.24) is 10.6 Å². The highest BCUT2D eigenvalue weighted by molar-refractivity contribution is 14.0. The van der Waals surface area contributed by atoms with Gasteiger partial charge in [-0.1, -0.05) is 12.8 Å². The smallest absolute Gasteiger partial charge is 0.191 e. The highest BCUT2D eigenvalue weighted by Crippen LogP contribution is 2.17. The monoisotopic (exact) mass is 363 g/mol. The topological polar surface area (TPSA) is 49.6 Å². The molecule has 0 bridgehead atoms. The first kappa shape index (κ1) is 15.3. The van der Waals surface area contributed by atoms with Gasteiger partial charge < -0.3 is 15.1 Å². The van der Waals surface area contributed by atoms with Crippen LogP contribution in [0.4, 0.5) is 0 Å². The van der Waals surface area contributed by atoms with E-state index in [1.165, 1.54) is 25.7 Å². The van der Waals surface area contributed by atoms with Crippen LogP contribution in [0.25, 0.3) is 0 Å². The molecule has 1 aromatic heterocycles. The summed E-state index contributed by atoms with van der Waals surface area (Å²) in [4.78, 5) is 4.23. The molecule has 102 valence electrons. The first-order valence-electron chi connectivity index (χ1n) is 6.38. The minimum Gasteiger partial charge on any atom is -0.469 e. The van der Waals surface area contributed by atoms with Crippen molar-refractivity contribution in [3.8, 4) is 0 Å². The average Bonchev–Trinajstić information content (AvgIpc) is 3.00. The van der Waals surface area contributed by atoms with Gasteiger partial charge in [0.05, 0.1) is 6.26 Å². The molecular formula is C13H22IN3O. The molecule has 1 aromatic rings. The minimum atomic E-state index is 0. The molecule has 0 saturated heterocycles. The number of hydrogen-bond donors (Lipinski definition) is 2. The van der Waals surface area contributed by atoms with E-state index in [-0.39, 0.29) is 24.0 Å². The molecule has 1 fully saturated rings. The first-order valence-corrected chi connectivity index (χ1v) is 6.38. The Labute approximate surface area is 126 Å². The third-order valence-corrected chi connectivity index (χ3v) is 3.16. The zero-order valence-electron chi connectivity index (χ0n) is 10.8. The van der Waals surface area contributed by atoms with E-state index in [4.69, 9.17) is 4.42 Å². The van der Waals surface area contributed by atoms with Gasteiger partial charge in [-0.25, -0.2) is 0 Å². The molecular weight excluding hydrogens is 341 g/mol. The van der Waals surface area contributed by atoms with Gasteiger partial charge in [-0.05, 0) is 25.0 Å². The molecule has 4 nitrogen and oxygen atoms in total. The summed E-state index contributed by atoms with van der Waals surface area (Å²) in [6.07, 6.45) is 7.79. The molecule has 1 aliphatic rings. The summed E-state index contributed by atoms with van der Waals surface area (Å²) in [5.41, 5.74) is 0. The van der Waals surface area contributed by atoms with E-state index in [1.54, 1.807) is 6.26 Å². The lowest BCUT2D eigenvalue weighted by Crippen LogP contribution is -2.42. The number of nitrogens with one attached hydrogen (secondary N) is 2. The van der Waals surface area contributed by atoms with Gasteiger partial charge in [-0.15, -0.1) is 24.0 Å². The van der Waals surface area contributed by atoms with Crippen LogP contribution in [0, 0.1) is 0 Å². The van der Waals surface area contributed by atoms with Crippen molar-refractivity contribution in [3.05, 3.63) is 24.2 Å². The molecule has 0 unspecified atom stereocenters. The van der Waals surface area contributed by atoms with Crippen molar-refractivity contribution in [2.24, 2.45) is 4.99 Å². The summed E-state index contributed by atoms with van der Waals surface area (Å²) in [6, 6.07) is 4.51. The molecule has 1 saturated carbocycles. The molecule has 0 radical (unpaired) electrons. The Kier molecular flexibility index (Phi) is 7.15. The van der Waals surface area contributed by atoms with Crippen molar-refractivity contribution in [1.29, 1.82) is 0 Å². The van der Waals surface area contributed by atoms with Crippen LogP contribution in [0.3, 0.4) is 0 Å². The number of furan rings is 1. The number of rotatable bonds is 4. The van der Waals surface area contributed by atoms with Crippen LogP contribution in [0.1, 0.15) is 31.4 Å². The third-order valence-electron chi connectivity index (χ3n) is 3.16. The Balaban J connectivity index is 0.00000162. The molecule has 5 heteroatoms. The predicted octanol–water partition coefficient (Wildman–Crippen LogP) is 2.55. The van der Waals surface area contributed by atoms with Gasteiger partial charge in [-0.2, -0.15) is 0 Å². The largest absolute Gasteiger partial charge is 0.469 e. The summed E-state index contributed by atoms with van der Waals surface area (Å²) in [5.74, 6) is 1.91. The van der Waals surface area contributed by atoms with E-state index in [0.29, 0.717) is 6.04 Å². The lowest BCUT2D eigenvalue weighted by atomic mass is 10.2. The van der Waals surface area contributed by atoms with Crippen LogP contribution in [-0.2, 0) is 6.42 Å². The number of guanidine groups is 1. The lowest BCUT2D eigenvalue weighted by Gasteiger charge is -2.16. The average molecular weight is 363 g/mol. The molecule has 0 amide bonds. The lowest BCUT2D eigenvalue weighted by molar-refractivity contribution is 0.506. The Morgan fingerprint density at radius 3 is 2.83 bits per heavy atom. The van der Waals surface area contributed by atoms with Gasteiger partial charge >= 0.3 is 0 Å². The molecule has 2 N–H and O–H groups in total. The number of halogens is 1. The van der Waals surface area contributed by atoms with Gasteiger partial charge in [0, 0.05) is 26.1 Å². The van der Waals surface area contributed by atoms with E-state index in [0.717, 1.165) is 24.7 Å². The molecule has 1 aliphatic carbocycles. The standard InChI is InChI=1S/C13H21N3O.HI/c1-14-13(16-11-5-2-3-6-11)15-9-8-12-7-4-10-17-12;/h4,7,10-11H,2-3,5-6,8-9H2,1H3,(H2,14,15,16);1H. The Morgan fingerprint density at radius 2 is 2.22 bits per heavy atom. The maximum atomic E-state index is 5.28. The zero-order valence-corrected chi connectivity index (χ0v) is 13.1. The Hall–Kier alpha value is -0.720. The Bertz CT molecular complexity index is 345. The van der Waals surface area contributed by atoms with Gasteiger partial charge in [0.15, 0.2) is 5.96 Å². The molecule has 18 heavy (non-hydrogen) atoms. The normalized spacial score (nSPS) is 16.4. The summed E-state index contributed by atoms with van der Waals surface area (Å²) in [6.45, 7) is 0.847. The summed E-state index contributed by atoms with van der Waals surface area (Å²) < 4.78 is 5.28. The van der Waals surface area contributed by atoms with Crippen LogP contribution in [0.2, 0.25) is 0 Å². The van der Waals surface area contributed by atoms with Crippen LogP contribution in [0.5, 0.6) is 0 Å². The quantitative estimate of drug-likeness (QED) is 0.491. The summed E-state index contributed by atoms with van der Waals surface area (Å²) >= 11 is 0. The van der Waals surface area contributed by atoms with Crippen molar-refractivity contribution in [2.75, 3.05) is 13.6 Å². The van der Waals surface area contributed by atoms with Gasteiger partial charge in [0.25, 0.3) is 0 Å². The molecule has 1 heterocycles. The van der Waals surface area contributed by atoms with E-state index in [9.17, 15) is 0 Å². The van der Waals surface area contributed by atoms with E-state index < -0.39 is 0 Å². The Morgan fingerprint density at radius 1 is 1.44 bits per heavy atom. The van der Waals surface area contributed by atoms with Crippen LogP contribution in [-0.4, -0.2) is 25.6 Å². The summed E-state index contributed by atoms with van der Waals surface area (Å²) in [5, 5.41) is 6.77. The van der Waals surface area contributed by atoms with Crippen molar-refractivity contribution < 1.29 is 4.42 Å². The molecule has 0 atom stereocenters. The fourth-order valence-corrected chi connectivity index (χ4v) is 2.22. The number of nitrogens with zero attached hydrogens (tertiary/aromatic N) is 1. The number of hydrogen-bond acceptors (Lipinski definition) is 2. The second-order valence-corrected chi connectivity index (χ2v) is 4.45. The van der Waals surface area contributed by atoms with E-state index in [2.05, 4.69) is 15.6 Å². The third kappa shape index (κ3) is 4.88. The molecule has 0 spiro atoms. The maximum Gasteiger partial charge on any atom is 0.191 e. The van der Waals surface area contributed by atoms with Crippen LogP contribution in [0.15, 0.2) is 27.8 Å². The van der Waals surface area contributed by atoms with E-state index in [1.807, 2.05) is 19.2 Å². The molecule has 2 rings (SSSR count). The molecule has 0 aromatic carbocycles. The summed E-state index contributed by atoms with van der Waals surface area (Å²) in [7, 11) is 1.82.